The third-order valence-corrected chi connectivity index (χ3v) is 7.00. The Balaban J connectivity index is 1.94. The first kappa shape index (κ1) is 23.6. The van der Waals surface area contributed by atoms with Crippen LogP contribution in [0.3, 0.4) is 0 Å². The van der Waals surface area contributed by atoms with E-state index >= 15 is 0 Å². The summed E-state index contributed by atoms with van der Waals surface area (Å²) in [5.74, 6) is -0.243. The maximum Gasteiger partial charge on any atom is 0.337 e. The smallest absolute Gasteiger partial charge is 0.337 e. The summed E-state index contributed by atoms with van der Waals surface area (Å²) in [6.45, 7) is 10.1. The van der Waals surface area contributed by atoms with Crippen LogP contribution in [0.25, 0.3) is 32.8 Å². The maximum atomic E-state index is 12.6. The first-order valence-electron chi connectivity index (χ1n) is 11.7. The zero-order valence-electron chi connectivity index (χ0n) is 20.5. The van der Waals surface area contributed by atoms with Crippen LogP contribution in [0.1, 0.15) is 49.1 Å². The molecule has 0 saturated carbocycles. The summed E-state index contributed by atoms with van der Waals surface area (Å²) >= 11 is 6.78. The highest BCUT2D eigenvalue weighted by molar-refractivity contribution is 6.37. The normalized spacial score (nSPS) is 14.2. The Hall–Kier alpha value is -3.15. The summed E-state index contributed by atoms with van der Waals surface area (Å²) in [6, 6.07) is 11.9. The Morgan fingerprint density at radius 3 is 2.60 bits per heavy atom. The number of aryl methyl sites for hydroxylation is 2. The first-order chi connectivity index (χ1) is 16.6. The van der Waals surface area contributed by atoms with Gasteiger partial charge in [0.1, 0.15) is 5.75 Å². The van der Waals surface area contributed by atoms with Crippen LogP contribution in [0.2, 0.25) is 5.02 Å². The van der Waals surface area contributed by atoms with Crippen LogP contribution in [-0.4, -0.2) is 28.3 Å². The molecular formula is C29H28ClNO4. The molecule has 0 spiro atoms. The molecule has 0 radical (unpaired) electrons. The SMILES string of the molecule is Cc1cc2c(Cl)c(C)ccc2c(-c2ccc3c4c(ccnc24)CCO3)c1C(OC(C)(C)C)C(=O)O. The van der Waals surface area contributed by atoms with Crippen molar-refractivity contribution in [3.63, 3.8) is 0 Å². The van der Waals surface area contributed by atoms with Crippen LogP contribution in [0.5, 0.6) is 5.75 Å². The van der Waals surface area contributed by atoms with Gasteiger partial charge >= 0.3 is 5.97 Å². The molecule has 6 heteroatoms. The molecule has 0 amide bonds. The third-order valence-electron chi connectivity index (χ3n) is 6.49. The van der Waals surface area contributed by atoms with E-state index in [1.807, 2.05) is 77.2 Å². The van der Waals surface area contributed by atoms with Gasteiger partial charge in [0.15, 0.2) is 6.10 Å². The van der Waals surface area contributed by atoms with E-state index in [0.717, 1.165) is 56.1 Å². The van der Waals surface area contributed by atoms with Crippen molar-refractivity contribution in [1.82, 2.24) is 4.98 Å². The van der Waals surface area contributed by atoms with Gasteiger partial charge in [0.25, 0.3) is 0 Å². The topological polar surface area (TPSA) is 68.7 Å². The fourth-order valence-corrected chi connectivity index (χ4v) is 5.23. The second kappa shape index (κ2) is 8.51. The number of carboxylic acids is 1. The lowest BCUT2D eigenvalue weighted by molar-refractivity contribution is -0.160. The van der Waals surface area contributed by atoms with Crippen LogP contribution in [0.15, 0.2) is 42.6 Å². The Morgan fingerprint density at radius 2 is 1.89 bits per heavy atom. The van der Waals surface area contributed by atoms with Gasteiger partial charge in [-0.15, -0.1) is 0 Å². The van der Waals surface area contributed by atoms with Crippen molar-refractivity contribution in [1.29, 1.82) is 0 Å². The van der Waals surface area contributed by atoms with Crippen LogP contribution in [-0.2, 0) is 16.0 Å². The van der Waals surface area contributed by atoms with E-state index < -0.39 is 17.7 Å². The maximum absolute atomic E-state index is 12.6. The molecule has 1 unspecified atom stereocenters. The fourth-order valence-electron chi connectivity index (χ4n) is 5.02. The lowest BCUT2D eigenvalue weighted by Gasteiger charge is -2.29. The average molecular weight is 490 g/mol. The van der Waals surface area contributed by atoms with Gasteiger partial charge in [-0.2, -0.15) is 0 Å². The van der Waals surface area contributed by atoms with Crippen LogP contribution >= 0.6 is 11.6 Å². The average Bonchev–Trinajstić information content (AvgIpc) is 2.80. The molecule has 2 heterocycles. The third kappa shape index (κ3) is 4.03. The van der Waals surface area contributed by atoms with E-state index in [0.29, 0.717) is 17.2 Å². The molecule has 1 atom stereocenters. The predicted molar refractivity (Wildman–Crippen MR) is 140 cm³/mol. The van der Waals surface area contributed by atoms with Crippen LogP contribution < -0.4 is 4.74 Å². The Kier molecular flexibility index (Phi) is 5.73. The Labute approximate surface area is 209 Å². The summed E-state index contributed by atoms with van der Waals surface area (Å²) in [7, 11) is 0. The standard InChI is InChI=1S/C29H28ClNO4/c1-15-6-7-18-20(25(15)30)14-16(2)22(27(28(32)33)35-29(3,4)5)24(18)19-8-9-21-23-17(11-13-34-21)10-12-31-26(19)23/h6-10,12,14,27H,11,13H2,1-5H3,(H,32,33). The zero-order valence-corrected chi connectivity index (χ0v) is 21.3. The van der Waals surface area contributed by atoms with Crippen molar-refractivity contribution in [2.75, 3.05) is 6.61 Å². The molecule has 35 heavy (non-hydrogen) atoms. The molecule has 1 aliphatic rings. The van der Waals surface area contributed by atoms with E-state index in [1.54, 1.807) is 0 Å². The summed E-state index contributed by atoms with van der Waals surface area (Å²) in [5, 5.41) is 13.7. The number of ether oxygens (including phenoxy) is 2. The van der Waals surface area contributed by atoms with Crippen LogP contribution in [0, 0.1) is 13.8 Å². The molecule has 5 nitrogen and oxygen atoms in total. The summed E-state index contributed by atoms with van der Waals surface area (Å²) in [4.78, 5) is 17.4. The minimum Gasteiger partial charge on any atom is -0.493 e. The number of carbonyl (C=O) groups is 1. The second-order valence-electron chi connectivity index (χ2n) is 10.1. The summed E-state index contributed by atoms with van der Waals surface area (Å²) in [6.07, 6.45) is 1.44. The quantitative estimate of drug-likeness (QED) is 0.328. The number of nitrogens with zero attached hydrogens (tertiary/aromatic N) is 1. The predicted octanol–water partition coefficient (Wildman–Crippen LogP) is 7.20. The van der Waals surface area contributed by atoms with E-state index in [9.17, 15) is 9.90 Å². The van der Waals surface area contributed by atoms with Crippen molar-refractivity contribution in [2.24, 2.45) is 0 Å². The lowest BCUT2D eigenvalue weighted by Crippen LogP contribution is -2.28. The highest BCUT2D eigenvalue weighted by Crippen LogP contribution is 2.46. The number of rotatable bonds is 4. The number of carboxylic acid groups (broad SMARTS) is 1. The Bertz CT molecular complexity index is 1490. The van der Waals surface area contributed by atoms with Gasteiger partial charge in [0.05, 0.1) is 22.7 Å². The minimum absolute atomic E-state index is 0.610. The van der Waals surface area contributed by atoms with E-state index in [2.05, 4.69) is 0 Å². The number of hydrogen-bond acceptors (Lipinski definition) is 4. The molecule has 0 aliphatic carbocycles. The molecule has 1 N–H and O–H groups in total. The highest BCUT2D eigenvalue weighted by Gasteiger charge is 2.33. The van der Waals surface area contributed by atoms with Gasteiger partial charge < -0.3 is 14.6 Å². The molecular weight excluding hydrogens is 462 g/mol. The minimum atomic E-state index is -1.17. The van der Waals surface area contributed by atoms with Crippen LogP contribution in [0.4, 0.5) is 0 Å². The number of hydrogen-bond donors (Lipinski definition) is 1. The number of halogens is 1. The van der Waals surface area contributed by atoms with Crippen molar-refractivity contribution < 1.29 is 19.4 Å². The lowest BCUT2D eigenvalue weighted by atomic mass is 9.85. The van der Waals surface area contributed by atoms with Gasteiger partial charge in [-0.3, -0.25) is 4.98 Å². The van der Waals surface area contributed by atoms with Gasteiger partial charge in [-0.25, -0.2) is 4.79 Å². The van der Waals surface area contributed by atoms with Gasteiger partial charge in [-0.05, 0) is 86.5 Å². The molecule has 180 valence electrons. The molecule has 1 aliphatic heterocycles. The largest absolute Gasteiger partial charge is 0.493 e. The Morgan fingerprint density at radius 1 is 1.11 bits per heavy atom. The van der Waals surface area contributed by atoms with Crippen molar-refractivity contribution in [3.8, 4) is 16.9 Å². The number of aliphatic carboxylic acids is 1. The second-order valence-corrected chi connectivity index (χ2v) is 10.5. The molecule has 0 saturated heterocycles. The molecule has 1 aromatic heterocycles. The fraction of sp³-hybridized carbons (Fsp3) is 0.310. The number of benzene rings is 3. The number of fused-ring (bicyclic) bond motifs is 1. The van der Waals surface area contributed by atoms with E-state index in [4.69, 9.17) is 26.1 Å². The monoisotopic (exact) mass is 489 g/mol. The van der Waals surface area contributed by atoms with Gasteiger partial charge in [0.2, 0.25) is 0 Å². The highest BCUT2D eigenvalue weighted by atomic mass is 35.5. The number of aromatic nitrogens is 1. The van der Waals surface area contributed by atoms with Gasteiger partial charge in [-0.1, -0.05) is 23.7 Å². The molecule has 0 bridgehead atoms. The molecule has 0 fully saturated rings. The molecule has 4 aromatic rings. The summed E-state index contributed by atoms with van der Waals surface area (Å²) in [5.41, 5.74) is 5.27. The van der Waals surface area contributed by atoms with E-state index in [1.165, 1.54) is 5.56 Å². The van der Waals surface area contributed by atoms with Gasteiger partial charge in [0, 0.05) is 34.5 Å². The number of pyridine rings is 1. The zero-order chi connectivity index (χ0) is 25.1. The van der Waals surface area contributed by atoms with Crippen molar-refractivity contribution in [3.05, 3.63) is 69.9 Å². The summed E-state index contributed by atoms with van der Waals surface area (Å²) < 4.78 is 12.1. The molecule has 5 rings (SSSR count). The van der Waals surface area contributed by atoms with Crippen molar-refractivity contribution >= 4 is 39.2 Å². The first-order valence-corrected chi connectivity index (χ1v) is 12.1. The molecule has 3 aromatic carbocycles. The van der Waals surface area contributed by atoms with E-state index in [-0.39, 0.29) is 0 Å². The van der Waals surface area contributed by atoms with Crippen molar-refractivity contribution in [2.45, 2.75) is 52.7 Å².